The molecule has 1 aliphatic heterocycles. The first kappa shape index (κ1) is 11.2. The number of benzene rings is 1. The van der Waals surface area contributed by atoms with E-state index in [-0.39, 0.29) is 5.60 Å². The fraction of sp³-hybridized carbons (Fsp3) is 0.600. The van der Waals surface area contributed by atoms with Gasteiger partial charge in [0.15, 0.2) is 0 Å². The van der Waals surface area contributed by atoms with Crippen LogP contribution in [0.25, 0.3) is 0 Å². The van der Waals surface area contributed by atoms with Gasteiger partial charge in [-0.2, -0.15) is 0 Å². The van der Waals surface area contributed by atoms with Crippen LogP contribution in [0, 0.1) is 0 Å². The van der Waals surface area contributed by atoms with Crippen molar-refractivity contribution in [3.8, 4) is 0 Å². The maximum atomic E-state index is 10.4. The molecule has 2 heteroatoms. The molecule has 1 unspecified atom stereocenters. The van der Waals surface area contributed by atoms with Crippen molar-refractivity contribution in [3.63, 3.8) is 0 Å². The molecular formula is C15H21NO. The summed E-state index contributed by atoms with van der Waals surface area (Å²) in [6.45, 7) is 2.13. The molecule has 1 N–H and O–H groups in total. The molecule has 0 amide bonds. The van der Waals surface area contributed by atoms with Crippen LogP contribution in [0.4, 0.5) is 0 Å². The van der Waals surface area contributed by atoms with E-state index in [1.165, 1.54) is 24.8 Å². The van der Waals surface area contributed by atoms with E-state index in [4.69, 9.17) is 0 Å². The Balaban J connectivity index is 1.71. The first-order chi connectivity index (χ1) is 8.28. The van der Waals surface area contributed by atoms with Crippen LogP contribution in [-0.2, 0) is 6.54 Å². The van der Waals surface area contributed by atoms with E-state index in [0.29, 0.717) is 6.04 Å². The largest absolute Gasteiger partial charge is 0.388 e. The van der Waals surface area contributed by atoms with Crippen LogP contribution in [0.1, 0.15) is 37.7 Å². The molecule has 0 spiro atoms. The van der Waals surface area contributed by atoms with Crippen LogP contribution in [0.5, 0.6) is 0 Å². The molecule has 1 aromatic carbocycles. The highest BCUT2D eigenvalue weighted by atomic mass is 16.3. The van der Waals surface area contributed by atoms with Gasteiger partial charge in [0.2, 0.25) is 0 Å². The van der Waals surface area contributed by atoms with Crippen molar-refractivity contribution < 1.29 is 5.11 Å². The number of nitrogens with zero attached hydrogens (tertiary/aromatic N) is 1. The Hall–Kier alpha value is -0.860. The van der Waals surface area contributed by atoms with Crippen LogP contribution in [-0.4, -0.2) is 28.2 Å². The van der Waals surface area contributed by atoms with Crippen LogP contribution in [0.3, 0.4) is 0 Å². The van der Waals surface area contributed by atoms with E-state index >= 15 is 0 Å². The Bertz CT molecular complexity index is 372. The Morgan fingerprint density at radius 1 is 1.18 bits per heavy atom. The molecule has 3 rings (SSSR count). The molecule has 1 atom stereocenters. The van der Waals surface area contributed by atoms with Gasteiger partial charge < -0.3 is 5.11 Å². The zero-order valence-electron chi connectivity index (χ0n) is 10.3. The predicted molar refractivity (Wildman–Crippen MR) is 68.7 cm³/mol. The molecule has 2 fully saturated rings. The maximum absolute atomic E-state index is 10.4. The lowest BCUT2D eigenvalue weighted by Crippen LogP contribution is -2.47. The highest BCUT2D eigenvalue weighted by Gasteiger charge is 2.50. The minimum Gasteiger partial charge on any atom is -0.388 e. The summed E-state index contributed by atoms with van der Waals surface area (Å²) in [5, 5.41) is 10.4. The molecule has 0 radical (unpaired) electrons. The molecule has 0 bridgehead atoms. The zero-order chi connectivity index (χ0) is 11.7. The number of rotatable bonds is 3. The van der Waals surface area contributed by atoms with Crippen LogP contribution < -0.4 is 0 Å². The molecular weight excluding hydrogens is 210 g/mol. The minimum atomic E-state index is -0.352. The van der Waals surface area contributed by atoms with Gasteiger partial charge in [0.05, 0.1) is 5.60 Å². The normalized spacial score (nSPS) is 27.9. The molecule has 92 valence electrons. The van der Waals surface area contributed by atoms with Crippen LogP contribution in [0.2, 0.25) is 0 Å². The second kappa shape index (κ2) is 4.43. The molecule has 2 aliphatic rings. The molecule has 0 aromatic heterocycles. The summed E-state index contributed by atoms with van der Waals surface area (Å²) in [5.41, 5.74) is 1.01. The van der Waals surface area contributed by atoms with Crippen molar-refractivity contribution in [2.45, 2.75) is 50.3 Å². The van der Waals surface area contributed by atoms with Gasteiger partial charge in [-0.05, 0) is 37.8 Å². The van der Waals surface area contributed by atoms with Gasteiger partial charge in [-0.1, -0.05) is 36.8 Å². The topological polar surface area (TPSA) is 23.5 Å². The van der Waals surface area contributed by atoms with E-state index in [0.717, 1.165) is 25.9 Å². The van der Waals surface area contributed by atoms with Crippen LogP contribution >= 0.6 is 0 Å². The lowest BCUT2D eigenvalue weighted by Gasteiger charge is -2.39. The van der Waals surface area contributed by atoms with Gasteiger partial charge in [-0.25, -0.2) is 0 Å². The van der Waals surface area contributed by atoms with Crippen LogP contribution in [0.15, 0.2) is 30.3 Å². The Morgan fingerprint density at radius 2 is 1.94 bits per heavy atom. The van der Waals surface area contributed by atoms with Gasteiger partial charge in [0.1, 0.15) is 0 Å². The number of likely N-dealkylation sites (tertiary alicyclic amines) is 1. The number of hydrogen-bond acceptors (Lipinski definition) is 2. The fourth-order valence-electron chi connectivity index (χ4n) is 3.07. The maximum Gasteiger partial charge on any atom is 0.0804 e. The Morgan fingerprint density at radius 3 is 2.65 bits per heavy atom. The number of aliphatic hydroxyl groups is 1. The summed E-state index contributed by atoms with van der Waals surface area (Å²) in [6, 6.07) is 11.0. The fourth-order valence-corrected chi connectivity index (χ4v) is 3.07. The summed E-state index contributed by atoms with van der Waals surface area (Å²) in [4.78, 5) is 2.49. The van der Waals surface area contributed by atoms with E-state index in [1.54, 1.807) is 0 Å². The van der Waals surface area contributed by atoms with Gasteiger partial charge >= 0.3 is 0 Å². The molecule has 1 saturated carbocycles. The van der Waals surface area contributed by atoms with E-state index < -0.39 is 0 Å². The summed E-state index contributed by atoms with van der Waals surface area (Å²) >= 11 is 0. The van der Waals surface area contributed by atoms with Crippen molar-refractivity contribution in [1.29, 1.82) is 0 Å². The Kier molecular flexibility index (Phi) is 2.93. The highest BCUT2D eigenvalue weighted by Crippen LogP contribution is 2.44. The van der Waals surface area contributed by atoms with Crippen molar-refractivity contribution >= 4 is 0 Å². The summed E-state index contributed by atoms with van der Waals surface area (Å²) < 4.78 is 0. The average molecular weight is 231 g/mol. The summed E-state index contributed by atoms with van der Waals surface area (Å²) in [5.74, 6) is 0. The second-order valence-electron chi connectivity index (χ2n) is 5.57. The number of hydrogen-bond donors (Lipinski definition) is 1. The third-order valence-electron chi connectivity index (χ3n) is 4.22. The Labute approximate surface area is 103 Å². The molecule has 1 heterocycles. The van der Waals surface area contributed by atoms with Gasteiger partial charge in [-0.3, -0.25) is 4.90 Å². The smallest absolute Gasteiger partial charge is 0.0804 e. The lowest BCUT2D eigenvalue weighted by atomic mass is 9.95. The lowest BCUT2D eigenvalue weighted by molar-refractivity contribution is 0.00376. The molecule has 17 heavy (non-hydrogen) atoms. The molecule has 1 aromatic rings. The third kappa shape index (κ3) is 2.38. The SMILES string of the molecule is OC1(C2CCCCN2Cc2ccccc2)CC1. The average Bonchev–Trinajstić information content (AvgIpc) is 3.10. The molecule has 2 nitrogen and oxygen atoms in total. The quantitative estimate of drug-likeness (QED) is 0.864. The predicted octanol–water partition coefficient (Wildman–Crippen LogP) is 2.57. The highest BCUT2D eigenvalue weighted by molar-refractivity contribution is 5.15. The van der Waals surface area contributed by atoms with E-state index in [1.807, 2.05) is 0 Å². The van der Waals surface area contributed by atoms with Gasteiger partial charge in [0, 0.05) is 12.6 Å². The van der Waals surface area contributed by atoms with E-state index in [9.17, 15) is 5.11 Å². The second-order valence-corrected chi connectivity index (χ2v) is 5.57. The third-order valence-corrected chi connectivity index (χ3v) is 4.22. The van der Waals surface area contributed by atoms with Crippen molar-refractivity contribution in [1.82, 2.24) is 4.90 Å². The number of piperidine rings is 1. The molecule has 1 aliphatic carbocycles. The van der Waals surface area contributed by atoms with E-state index in [2.05, 4.69) is 35.2 Å². The standard InChI is InChI=1S/C15H21NO/c17-15(9-10-15)14-8-4-5-11-16(14)12-13-6-2-1-3-7-13/h1-3,6-7,14,17H,4-5,8-12H2. The summed E-state index contributed by atoms with van der Waals surface area (Å²) in [6.07, 6.45) is 5.73. The monoisotopic (exact) mass is 231 g/mol. The van der Waals surface area contributed by atoms with Crippen molar-refractivity contribution in [2.24, 2.45) is 0 Å². The first-order valence-corrected chi connectivity index (χ1v) is 6.78. The minimum absolute atomic E-state index is 0.352. The summed E-state index contributed by atoms with van der Waals surface area (Å²) in [7, 11) is 0. The first-order valence-electron chi connectivity index (χ1n) is 6.78. The van der Waals surface area contributed by atoms with Crippen molar-refractivity contribution in [3.05, 3.63) is 35.9 Å². The van der Waals surface area contributed by atoms with Gasteiger partial charge in [-0.15, -0.1) is 0 Å². The zero-order valence-corrected chi connectivity index (χ0v) is 10.3. The molecule has 1 saturated heterocycles. The van der Waals surface area contributed by atoms with Gasteiger partial charge in [0.25, 0.3) is 0 Å². The van der Waals surface area contributed by atoms with Crippen molar-refractivity contribution in [2.75, 3.05) is 6.54 Å².